The number of aromatic nitrogens is 1. The van der Waals surface area contributed by atoms with Crippen molar-refractivity contribution in [3.8, 4) is 28.9 Å². The molecule has 28 heavy (non-hydrogen) atoms. The van der Waals surface area contributed by atoms with E-state index in [2.05, 4.69) is 26.9 Å². The third-order valence-corrected chi connectivity index (χ3v) is 3.83. The smallest absolute Gasteiger partial charge is 0.305 e. The Morgan fingerprint density at radius 2 is 2.21 bits per heavy atom. The van der Waals surface area contributed by atoms with Gasteiger partial charge in [-0.05, 0) is 37.4 Å². The molecule has 1 aromatic carbocycles. The summed E-state index contributed by atoms with van der Waals surface area (Å²) >= 11 is 0. The van der Waals surface area contributed by atoms with Gasteiger partial charge >= 0.3 is 5.97 Å². The summed E-state index contributed by atoms with van der Waals surface area (Å²) in [6, 6.07) is 3.55. The van der Waals surface area contributed by atoms with Gasteiger partial charge in [-0.3, -0.25) is 4.79 Å². The van der Waals surface area contributed by atoms with E-state index in [4.69, 9.17) is 19.4 Å². The van der Waals surface area contributed by atoms with E-state index in [9.17, 15) is 4.79 Å². The first kappa shape index (κ1) is 20.9. The molecule has 0 saturated carbocycles. The first-order valence-electron chi connectivity index (χ1n) is 8.94. The molecule has 0 atom stereocenters. The predicted octanol–water partition coefficient (Wildman–Crippen LogP) is 5.08. The second-order valence-electron chi connectivity index (χ2n) is 5.79. The normalized spacial score (nSPS) is 9.82. The summed E-state index contributed by atoms with van der Waals surface area (Å²) in [6.45, 7) is 3.92. The van der Waals surface area contributed by atoms with Crippen LogP contribution in [0.4, 0.5) is 5.69 Å². The summed E-state index contributed by atoms with van der Waals surface area (Å²) in [7, 11) is 1.49. The fraction of sp³-hybridized carbons (Fsp3) is 0.400. The third kappa shape index (κ3) is 5.53. The molecule has 0 unspecified atom stereocenters. The van der Waals surface area contributed by atoms with Gasteiger partial charge in [0.15, 0.2) is 11.7 Å². The third-order valence-electron chi connectivity index (χ3n) is 3.83. The highest BCUT2D eigenvalue weighted by Gasteiger charge is 2.16. The predicted molar refractivity (Wildman–Crippen MR) is 104 cm³/mol. The molecular weight excluding hydrogens is 360 g/mol. The average molecular weight is 382 g/mol. The lowest BCUT2D eigenvalue weighted by atomic mass is 10.1. The van der Waals surface area contributed by atoms with Gasteiger partial charge in [0.1, 0.15) is 5.75 Å². The molecule has 0 aliphatic rings. The number of carbonyl (C=O) groups is 1. The molecule has 0 aliphatic heterocycles. The number of methoxy groups -OCH3 is 1. The fourth-order valence-corrected chi connectivity index (χ4v) is 2.58. The van der Waals surface area contributed by atoms with Crippen molar-refractivity contribution < 1.29 is 18.7 Å². The van der Waals surface area contributed by atoms with E-state index in [1.54, 1.807) is 32.2 Å². The van der Waals surface area contributed by atoms with Crippen LogP contribution in [0.2, 0.25) is 0 Å². The van der Waals surface area contributed by atoms with Crippen molar-refractivity contribution in [1.29, 1.82) is 0 Å². The number of rotatable bonds is 8. The Morgan fingerprint density at radius 1 is 1.39 bits per heavy atom. The van der Waals surface area contributed by atoms with E-state index in [-0.39, 0.29) is 5.97 Å². The van der Waals surface area contributed by atoms with E-state index < -0.39 is 0 Å². The van der Waals surface area contributed by atoms with Gasteiger partial charge < -0.3 is 13.9 Å². The zero-order valence-corrected chi connectivity index (χ0v) is 16.2. The van der Waals surface area contributed by atoms with Crippen molar-refractivity contribution in [3.63, 3.8) is 0 Å². The number of aryl methyl sites for hydroxylation is 1. The van der Waals surface area contributed by atoms with E-state index in [0.717, 1.165) is 6.42 Å². The van der Waals surface area contributed by atoms with Gasteiger partial charge in [-0.1, -0.05) is 17.0 Å². The molecule has 2 rings (SSSR count). The van der Waals surface area contributed by atoms with Crippen LogP contribution < -0.4 is 4.74 Å². The summed E-state index contributed by atoms with van der Waals surface area (Å²) in [5.41, 5.74) is 10.4. The van der Waals surface area contributed by atoms with Crippen molar-refractivity contribution >= 4 is 11.7 Å². The molecule has 8 nitrogen and oxygen atoms in total. The van der Waals surface area contributed by atoms with Crippen molar-refractivity contribution in [2.75, 3.05) is 13.7 Å². The van der Waals surface area contributed by atoms with Crippen LogP contribution in [0.1, 0.15) is 44.1 Å². The lowest BCUT2D eigenvalue weighted by Gasteiger charge is -2.10. The molecule has 8 heteroatoms. The molecular formula is C20H22N4O4. The zero-order valence-electron chi connectivity index (χ0n) is 16.2. The van der Waals surface area contributed by atoms with E-state index >= 15 is 0 Å². The molecule has 0 saturated heterocycles. The maximum absolute atomic E-state index is 11.3. The average Bonchev–Trinajstić information content (AvgIpc) is 3.11. The van der Waals surface area contributed by atoms with Crippen LogP contribution in [0.3, 0.4) is 0 Å². The summed E-state index contributed by atoms with van der Waals surface area (Å²) in [5.74, 6) is 7.28. The molecule has 0 spiro atoms. The first-order chi connectivity index (χ1) is 13.6. The minimum atomic E-state index is -0.191. The van der Waals surface area contributed by atoms with Crippen LogP contribution in [0, 0.1) is 18.8 Å². The SMILES string of the molecule is CCOC(=O)CCCCC#Cc1ccc(-c2cnc(C)o2)c(OC)c1N=[N+]=[N-]. The van der Waals surface area contributed by atoms with Crippen LogP contribution in [-0.4, -0.2) is 24.7 Å². The summed E-state index contributed by atoms with van der Waals surface area (Å²) in [5, 5.41) is 3.76. The molecule has 0 bridgehead atoms. The molecule has 146 valence electrons. The number of azide groups is 1. The van der Waals surface area contributed by atoms with Crippen molar-refractivity contribution in [3.05, 3.63) is 40.2 Å². The Bertz CT molecular complexity index is 933. The molecule has 0 aliphatic carbocycles. The van der Waals surface area contributed by atoms with E-state index in [0.29, 0.717) is 60.1 Å². The number of benzene rings is 1. The highest BCUT2D eigenvalue weighted by atomic mass is 16.5. The van der Waals surface area contributed by atoms with Crippen molar-refractivity contribution in [2.45, 2.75) is 39.5 Å². The number of oxazole rings is 1. The largest absolute Gasteiger partial charge is 0.495 e. The van der Waals surface area contributed by atoms with Crippen LogP contribution in [0.15, 0.2) is 27.9 Å². The van der Waals surface area contributed by atoms with E-state index in [1.807, 2.05) is 0 Å². The first-order valence-corrected chi connectivity index (χ1v) is 8.94. The van der Waals surface area contributed by atoms with Crippen LogP contribution in [0.25, 0.3) is 21.8 Å². The molecule has 1 heterocycles. The molecule has 2 aromatic rings. The number of nitrogens with zero attached hydrogens (tertiary/aromatic N) is 4. The zero-order chi connectivity index (χ0) is 20.4. The maximum atomic E-state index is 11.3. The Morgan fingerprint density at radius 3 is 2.86 bits per heavy atom. The quantitative estimate of drug-likeness (QED) is 0.158. The summed E-state index contributed by atoms with van der Waals surface area (Å²) < 4.78 is 15.9. The lowest BCUT2D eigenvalue weighted by Crippen LogP contribution is -2.02. The number of ether oxygens (including phenoxy) is 2. The Kier molecular flexibility index (Phi) is 7.94. The maximum Gasteiger partial charge on any atom is 0.305 e. The highest BCUT2D eigenvalue weighted by molar-refractivity contribution is 5.78. The summed E-state index contributed by atoms with van der Waals surface area (Å²) in [6.07, 6.45) is 4.07. The number of carbonyl (C=O) groups excluding carboxylic acids is 1. The Labute approximate surface area is 163 Å². The number of hydrogen-bond donors (Lipinski definition) is 0. The lowest BCUT2D eigenvalue weighted by molar-refractivity contribution is -0.143. The molecule has 1 aromatic heterocycles. The molecule has 0 radical (unpaired) electrons. The number of unbranched alkanes of at least 4 members (excludes halogenated alkanes) is 2. The van der Waals surface area contributed by atoms with Crippen LogP contribution >= 0.6 is 0 Å². The van der Waals surface area contributed by atoms with Gasteiger partial charge in [-0.2, -0.15) is 0 Å². The second kappa shape index (κ2) is 10.7. The van der Waals surface area contributed by atoms with Gasteiger partial charge in [0.25, 0.3) is 0 Å². The molecule has 0 fully saturated rings. The standard InChI is InChI=1S/C20H22N4O4/c1-4-27-18(25)10-8-6-5-7-9-15-11-12-16(17-13-22-14(2)28-17)20(26-3)19(15)23-24-21/h11-13H,4-6,8,10H2,1-3H3. The molecule has 0 N–H and O–H groups in total. The minimum absolute atomic E-state index is 0.191. The highest BCUT2D eigenvalue weighted by Crippen LogP contribution is 2.40. The van der Waals surface area contributed by atoms with Gasteiger partial charge in [-0.25, -0.2) is 4.98 Å². The number of esters is 1. The van der Waals surface area contributed by atoms with Gasteiger partial charge in [0, 0.05) is 30.2 Å². The van der Waals surface area contributed by atoms with Gasteiger partial charge in [-0.15, -0.1) is 0 Å². The Hall–Kier alpha value is -3.43. The summed E-state index contributed by atoms with van der Waals surface area (Å²) in [4.78, 5) is 18.3. The molecule has 0 amide bonds. The van der Waals surface area contributed by atoms with Gasteiger partial charge in [0.05, 0.1) is 31.2 Å². The second-order valence-corrected chi connectivity index (χ2v) is 5.79. The van der Waals surface area contributed by atoms with Crippen molar-refractivity contribution in [1.82, 2.24) is 4.98 Å². The van der Waals surface area contributed by atoms with Gasteiger partial charge in [0.2, 0.25) is 0 Å². The monoisotopic (exact) mass is 382 g/mol. The van der Waals surface area contributed by atoms with Crippen molar-refractivity contribution in [2.24, 2.45) is 5.11 Å². The van der Waals surface area contributed by atoms with Crippen LogP contribution in [-0.2, 0) is 9.53 Å². The topological polar surface area (TPSA) is 110 Å². The Balaban J connectivity index is 2.17. The number of hydrogen-bond acceptors (Lipinski definition) is 6. The van der Waals surface area contributed by atoms with Crippen LogP contribution in [0.5, 0.6) is 5.75 Å². The van der Waals surface area contributed by atoms with E-state index in [1.165, 1.54) is 7.11 Å². The fourth-order valence-electron chi connectivity index (χ4n) is 2.58. The minimum Gasteiger partial charge on any atom is -0.495 e.